The highest BCUT2D eigenvalue weighted by Gasteiger charge is 2.20. The molecule has 2 aromatic carbocycles. The lowest BCUT2D eigenvalue weighted by molar-refractivity contribution is 0.600. The zero-order valence-corrected chi connectivity index (χ0v) is 16.5. The lowest BCUT2D eigenvalue weighted by Crippen LogP contribution is -2.16. The topological polar surface area (TPSA) is 64.0 Å². The fourth-order valence-corrected chi connectivity index (χ4v) is 4.87. The standard InChI is InChI=1S/C20H23N3O2S/c1-13-10-14(2)20(15(3)11-13)26(24,25)22-18-6-8-19(9-7-18)23-17(5)12-16(4)21-23/h6-12,22H,1-5H3. The molecule has 0 saturated carbocycles. The molecule has 0 atom stereocenters. The van der Waals surface area contributed by atoms with Crippen molar-refractivity contribution in [3.05, 3.63) is 70.5 Å². The van der Waals surface area contributed by atoms with Gasteiger partial charge in [-0.2, -0.15) is 5.10 Å². The predicted octanol–water partition coefficient (Wildman–Crippen LogP) is 4.22. The van der Waals surface area contributed by atoms with E-state index in [0.717, 1.165) is 33.8 Å². The third-order valence-corrected chi connectivity index (χ3v) is 5.93. The van der Waals surface area contributed by atoms with E-state index in [1.54, 1.807) is 12.1 Å². The smallest absolute Gasteiger partial charge is 0.262 e. The number of sulfonamides is 1. The molecule has 1 heterocycles. The maximum atomic E-state index is 12.8. The van der Waals surface area contributed by atoms with E-state index in [1.807, 2.05) is 69.6 Å². The van der Waals surface area contributed by atoms with Gasteiger partial charge >= 0.3 is 0 Å². The van der Waals surface area contributed by atoms with Gasteiger partial charge in [0.05, 0.1) is 16.3 Å². The Labute approximate surface area is 154 Å². The van der Waals surface area contributed by atoms with Crippen molar-refractivity contribution in [2.45, 2.75) is 39.5 Å². The second-order valence-electron chi connectivity index (χ2n) is 6.72. The maximum absolute atomic E-state index is 12.8. The molecule has 26 heavy (non-hydrogen) atoms. The summed E-state index contributed by atoms with van der Waals surface area (Å²) in [6, 6.07) is 13.0. The Morgan fingerprint density at radius 2 is 1.46 bits per heavy atom. The number of hydrogen-bond donors (Lipinski definition) is 1. The highest BCUT2D eigenvalue weighted by atomic mass is 32.2. The molecule has 6 heteroatoms. The van der Waals surface area contributed by atoms with Crippen LogP contribution in [0.25, 0.3) is 5.69 Å². The average Bonchev–Trinajstić information content (AvgIpc) is 2.84. The largest absolute Gasteiger partial charge is 0.280 e. The lowest BCUT2D eigenvalue weighted by Gasteiger charge is -2.14. The van der Waals surface area contributed by atoms with Gasteiger partial charge in [-0.1, -0.05) is 17.7 Å². The van der Waals surface area contributed by atoms with Crippen LogP contribution in [0.3, 0.4) is 0 Å². The zero-order valence-electron chi connectivity index (χ0n) is 15.7. The first kappa shape index (κ1) is 18.2. The summed E-state index contributed by atoms with van der Waals surface area (Å²) in [4.78, 5) is 0.339. The van der Waals surface area contributed by atoms with Crippen molar-refractivity contribution in [3.63, 3.8) is 0 Å². The summed E-state index contributed by atoms with van der Waals surface area (Å²) < 4.78 is 30.2. The minimum Gasteiger partial charge on any atom is -0.280 e. The Morgan fingerprint density at radius 1 is 0.885 bits per heavy atom. The molecule has 3 rings (SSSR count). The summed E-state index contributed by atoms with van der Waals surface area (Å²) >= 11 is 0. The average molecular weight is 369 g/mol. The van der Waals surface area contributed by atoms with Crippen LogP contribution in [0, 0.1) is 34.6 Å². The molecule has 0 radical (unpaired) electrons. The van der Waals surface area contributed by atoms with Crippen LogP contribution in [-0.2, 0) is 10.0 Å². The summed E-state index contributed by atoms with van der Waals surface area (Å²) in [7, 11) is -3.65. The number of aryl methyl sites for hydroxylation is 5. The number of hydrogen-bond acceptors (Lipinski definition) is 3. The summed E-state index contributed by atoms with van der Waals surface area (Å²) in [5, 5.41) is 4.44. The van der Waals surface area contributed by atoms with E-state index < -0.39 is 10.0 Å². The van der Waals surface area contributed by atoms with Gasteiger partial charge in [0, 0.05) is 11.4 Å². The van der Waals surface area contributed by atoms with E-state index in [0.29, 0.717) is 10.6 Å². The number of rotatable bonds is 4. The maximum Gasteiger partial charge on any atom is 0.262 e. The first-order valence-corrected chi connectivity index (χ1v) is 9.90. The van der Waals surface area contributed by atoms with Gasteiger partial charge in [0.1, 0.15) is 0 Å². The van der Waals surface area contributed by atoms with Crippen molar-refractivity contribution in [1.82, 2.24) is 9.78 Å². The molecule has 3 aromatic rings. The predicted molar refractivity (Wildman–Crippen MR) is 104 cm³/mol. The third kappa shape index (κ3) is 3.51. The molecule has 0 unspecified atom stereocenters. The van der Waals surface area contributed by atoms with Crippen LogP contribution < -0.4 is 4.72 Å². The van der Waals surface area contributed by atoms with Gasteiger partial charge in [-0.25, -0.2) is 13.1 Å². The van der Waals surface area contributed by atoms with Gasteiger partial charge in [-0.05, 0) is 76.1 Å². The first-order valence-electron chi connectivity index (χ1n) is 8.42. The van der Waals surface area contributed by atoms with Crippen molar-refractivity contribution in [1.29, 1.82) is 0 Å². The van der Waals surface area contributed by atoms with Crippen molar-refractivity contribution >= 4 is 15.7 Å². The molecule has 5 nitrogen and oxygen atoms in total. The number of aromatic nitrogens is 2. The second kappa shape index (κ2) is 6.61. The minimum atomic E-state index is -3.65. The highest BCUT2D eigenvalue weighted by Crippen LogP contribution is 2.25. The van der Waals surface area contributed by atoms with Crippen LogP contribution in [0.15, 0.2) is 47.4 Å². The van der Waals surface area contributed by atoms with Crippen LogP contribution in [0.5, 0.6) is 0 Å². The second-order valence-corrected chi connectivity index (χ2v) is 8.34. The van der Waals surface area contributed by atoms with Crippen molar-refractivity contribution in [2.24, 2.45) is 0 Å². The van der Waals surface area contributed by atoms with Crippen LogP contribution >= 0.6 is 0 Å². The highest BCUT2D eigenvalue weighted by molar-refractivity contribution is 7.92. The lowest BCUT2D eigenvalue weighted by atomic mass is 10.1. The van der Waals surface area contributed by atoms with Crippen molar-refractivity contribution < 1.29 is 8.42 Å². The molecular weight excluding hydrogens is 346 g/mol. The molecule has 0 bridgehead atoms. The molecular formula is C20H23N3O2S. The fraction of sp³-hybridized carbons (Fsp3) is 0.250. The fourth-order valence-electron chi connectivity index (χ4n) is 3.36. The SMILES string of the molecule is Cc1cc(C)c(S(=O)(=O)Nc2ccc(-n3nc(C)cc3C)cc2)c(C)c1. The van der Waals surface area contributed by atoms with E-state index in [4.69, 9.17) is 0 Å². The van der Waals surface area contributed by atoms with Crippen LogP contribution in [0.1, 0.15) is 28.1 Å². The van der Waals surface area contributed by atoms with Gasteiger partial charge in [-0.15, -0.1) is 0 Å². The third-order valence-electron chi connectivity index (χ3n) is 4.25. The van der Waals surface area contributed by atoms with Gasteiger partial charge in [0.2, 0.25) is 0 Å². The Morgan fingerprint density at radius 3 is 1.96 bits per heavy atom. The quantitative estimate of drug-likeness (QED) is 0.749. The van der Waals surface area contributed by atoms with Gasteiger partial charge in [0.15, 0.2) is 0 Å². The molecule has 1 N–H and O–H groups in total. The van der Waals surface area contributed by atoms with E-state index >= 15 is 0 Å². The van der Waals surface area contributed by atoms with Gasteiger partial charge < -0.3 is 0 Å². The Balaban J connectivity index is 1.91. The van der Waals surface area contributed by atoms with E-state index in [1.165, 1.54) is 0 Å². The molecule has 136 valence electrons. The van der Waals surface area contributed by atoms with E-state index in [9.17, 15) is 8.42 Å². The monoisotopic (exact) mass is 369 g/mol. The van der Waals surface area contributed by atoms with Crippen LogP contribution in [-0.4, -0.2) is 18.2 Å². The first-order chi connectivity index (χ1) is 12.2. The normalized spacial score (nSPS) is 11.6. The van der Waals surface area contributed by atoms with Gasteiger partial charge in [-0.3, -0.25) is 4.72 Å². The number of benzene rings is 2. The van der Waals surface area contributed by atoms with Crippen LogP contribution in [0.4, 0.5) is 5.69 Å². The van der Waals surface area contributed by atoms with Crippen molar-refractivity contribution in [2.75, 3.05) is 4.72 Å². The zero-order chi connectivity index (χ0) is 19.1. The molecule has 0 fully saturated rings. The number of nitrogens with zero attached hydrogens (tertiary/aromatic N) is 2. The summed E-state index contributed by atoms with van der Waals surface area (Å²) in [6.45, 7) is 9.53. The molecule has 0 saturated heterocycles. The summed E-state index contributed by atoms with van der Waals surface area (Å²) in [6.07, 6.45) is 0. The molecule has 0 aliphatic rings. The molecule has 0 spiro atoms. The van der Waals surface area contributed by atoms with Crippen LogP contribution in [0.2, 0.25) is 0 Å². The Kier molecular flexibility index (Phi) is 4.63. The Hall–Kier alpha value is -2.60. The van der Waals surface area contributed by atoms with Crippen molar-refractivity contribution in [3.8, 4) is 5.69 Å². The summed E-state index contributed by atoms with van der Waals surface area (Å²) in [5.74, 6) is 0. The van der Waals surface area contributed by atoms with Gasteiger partial charge in [0.25, 0.3) is 10.0 Å². The number of nitrogens with one attached hydrogen (secondary N) is 1. The minimum absolute atomic E-state index is 0.339. The molecule has 0 aliphatic heterocycles. The van der Waals surface area contributed by atoms with E-state index in [2.05, 4.69) is 9.82 Å². The summed E-state index contributed by atoms with van der Waals surface area (Å²) in [5.41, 5.74) is 5.92. The molecule has 1 aromatic heterocycles. The number of anilines is 1. The van der Waals surface area contributed by atoms with E-state index in [-0.39, 0.29) is 0 Å². The Bertz CT molecular complexity index is 1040. The molecule has 0 amide bonds. The molecule has 0 aliphatic carbocycles.